The summed E-state index contributed by atoms with van der Waals surface area (Å²) in [6, 6.07) is 9.96. The van der Waals surface area contributed by atoms with E-state index in [0.29, 0.717) is 30.7 Å². The topological polar surface area (TPSA) is 140 Å². The molecule has 5 rings (SSSR count). The number of rotatable bonds is 5. The van der Waals surface area contributed by atoms with Gasteiger partial charge in [0.1, 0.15) is 11.6 Å². The van der Waals surface area contributed by atoms with Gasteiger partial charge in [0.05, 0.1) is 27.7 Å². The molecule has 0 aliphatic heterocycles. The molecule has 0 bridgehead atoms. The van der Waals surface area contributed by atoms with Gasteiger partial charge in [0, 0.05) is 23.4 Å². The summed E-state index contributed by atoms with van der Waals surface area (Å²) in [7, 11) is -3.61. The van der Waals surface area contributed by atoms with Gasteiger partial charge < -0.3 is 10.4 Å². The third-order valence-corrected chi connectivity index (χ3v) is 8.34. The number of halogens is 2. The molecule has 0 unspecified atom stereocenters. The number of benzene rings is 2. The Morgan fingerprint density at radius 3 is 2.52 bits per heavy atom. The molecule has 2 aromatic carbocycles. The highest BCUT2D eigenvalue weighted by atomic mass is 35.5. The monoisotopic (exact) mass is 586 g/mol. The van der Waals surface area contributed by atoms with Gasteiger partial charge in [-0.05, 0) is 68.1 Å². The molecule has 0 saturated heterocycles. The summed E-state index contributed by atoms with van der Waals surface area (Å²) < 4.78 is 40.6. The number of sulfone groups is 1. The van der Waals surface area contributed by atoms with E-state index in [9.17, 15) is 32.3 Å². The van der Waals surface area contributed by atoms with Crippen LogP contribution in [0.2, 0.25) is 5.02 Å². The van der Waals surface area contributed by atoms with Crippen molar-refractivity contribution in [1.29, 1.82) is 0 Å². The van der Waals surface area contributed by atoms with Gasteiger partial charge >= 0.3 is 5.69 Å². The van der Waals surface area contributed by atoms with E-state index in [-0.39, 0.29) is 39.0 Å². The number of phenolic OH excluding ortho intramolecular Hbond substituents is 1. The molecule has 10 nitrogen and oxygen atoms in total. The maximum Gasteiger partial charge on any atom is 0.337 e. The van der Waals surface area contributed by atoms with Crippen molar-refractivity contribution in [3.05, 3.63) is 92.0 Å². The van der Waals surface area contributed by atoms with Gasteiger partial charge in [-0.3, -0.25) is 14.2 Å². The molecule has 1 fully saturated rings. The number of nitrogens with one attached hydrogen (secondary N) is 1. The molecule has 2 aromatic heterocycles. The lowest BCUT2D eigenvalue weighted by molar-refractivity contribution is 0.0919. The van der Waals surface area contributed by atoms with Crippen LogP contribution in [0.4, 0.5) is 4.39 Å². The number of aromatic hydroxyl groups is 1. The van der Waals surface area contributed by atoms with Gasteiger partial charge in [0.2, 0.25) is 0 Å². The minimum Gasteiger partial charge on any atom is -0.507 e. The van der Waals surface area contributed by atoms with Crippen molar-refractivity contribution < 1.29 is 22.7 Å². The maximum atomic E-state index is 14.2. The van der Waals surface area contributed by atoms with E-state index in [1.54, 1.807) is 0 Å². The van der Waals surface area contributed by atoms with Crippen molar-refractivity contribution in [2.45, 2.75) is 42.7 Å². The van der Waals surface area contributed by atoms with Crippen LogP contribution < -0.4 is 16.6 Å². The lowest BCUT2D eigenvalue weighted by atomic mass is 9.90. The van der Waals surface area contributed by atoms with E-state index in [4.69, 9.17) is 11.6 Å². The predicted molar refractivity (Wildman–Crippen MR) is 147 cm³/mol. The zero-order valence-corrected chi connectivity index (χ0v) is 22.7. The molecule has 13 heteroatoms. The lowest BCUT2D eigenvalue weighted by Crippen LogP contribution is -2.45. The van der Waals surface area contributed by atoms with Crippen LogP contribution in [-0.2, 0) is 9.84 Å². The number of phenols is 1. The Balaban J connectivity index is 1.50. The van der Waals surface area contributed by atoms with E-state index in [1.807, 2.05) is 0 Å². The number of carbonyl (C=O) groups is 1. The van der Waals surface area contributed by atoms with Crippen LogP contribution >= 0.6 is 11.6 Å². The first-order valence-electron chi connectivity index (χ1n) is 12.4. The number of nitrogens with zero attached hydrogens (tertiary/aromatic N) is 3. The Hall–Kier alpha value is -4.03. The molecular formula is C27H24ClFN4O6S. The molecular weight excluding hydrogens is 563 g/mol. The zero-order valence-electron chi connectivity index (χ0n) is 21.2. The lowest BCUT2D eigenvalue weighted by Gasteiger charge is -2.30. The van der Waals surface area contributed by atoms with Gasteiger partial charge in [-0.25, -0.2) is 27.2 Å². The second kappa shape index (κ2) is 10.5. The van der Waals surface area contributed by atoms with Crippen molar-refractivity contribution >= 4 is 38.4 Å². The highest BCUT2D eigenvalue weighted by Gasteiger charge is 2.28. The van der Waals surface area contributed by atoms with Crippen molar-refractivity contribution in [3.63, 3.8) is 0 Å². The third kappa shape index (κ3) is 5.24. The molecule has 2 N–H and O–H groups in total. The Kier molecular flexibility index (Phi) is 7.23. The fourth-order valence-corrected chi connectivity index (χ4v) is 5.85. The maximum absolute atomic E-state index is 14.2. The van der Waals surface area contributed by atoms with Crippen molar-refractivity contribution in [2.75, 3.05) is 6.26 Å². The van der Waals surface area contributed by atoms with Crippen LogP contribution in [0.5, 0.6) is 5.75 Å². The molecule has 1 aliphatic carbocycles. The minimum absolute atomic E-state index is 0.0353. The molecule has 0 radical (unpaired) electrons. The van der Waals surface area contributed by atoms with Crippen molar-refractivity contribution in [2.24, 2.45) is 0 Å². The molecule has 1 aliphatic rings. The molecule has 0 atom stereocenters. The second-order valence-corrected chi connectivity index (χ2v) is 12.2. The number of pyridine rings is 1. The fourth-order valence-electron chi connectivity index (χ4n) is 5.02. The highest BCUT2D eigenvalue weighted by Crippen LogP contribution is 2.29. The van der Waals surface area contributed by atoms with E-state index < -0.39 is 38.9 Å². The third-order valence-electron chi connectivity index (χ3n) is 7.00. The number of hydrogen-bond donors (Lipinski definition) is 2. The smallest absolute Gasteiger partial charge is 0.337 e. The summed E-state index contributed by atoms with van der Waals surface area (Å²) in [4.78, 5) is 43.9. The Labute approximate surface area is 232 Å². The van der Waals surface area contributed by atoms with Gasteiger partial charge in [-0.15, -0.1) is 0 Å². The summed E-state index contributed by atoms with van der Waals surface area (Å²) in [5, 5.41) is 13.0. The summed E-state index contributed by atoms with van der Waals surface area (Å²) in [5.41, 5.74) is -1.35. The summed E-state index contributed by atoms with van der Waals surface area (Å²) in [6.45, 7) is 0. The summed E-state index contributed by atoms with van der Waals surface area (Å²) in [6.07, 6.45) is 3.46. The molecule has 208 valence electrons. The summed E-state index contributed by atoms with van der Waals surface area (Å²) in [5.74, 6) is -1.47. The van der Waals surface area contributed by atoms with Gasteiger partial charge in [0.15, 0.2) is 15.5 Å². The number of hydrogen-bond acceptors (Lipinski definition) is 7. The molecule has 1 saturated carbocycles. The molecule has 1 amide bonds. The fraction of sp³-hybridized carbons (Fsp3) is 0.259. The van der Waals surface area contributed by atoms with Crippen LogP contribution in [0.1, 0.15) is 42.1 Å². The zero-order chi connectivity index (χ0) is 28.8. The normalized spacial score (nSPS) is 17.6. The molecule has 4 aromatic rings. The molecule has 0 spiro atoms. The minimum atomic E-state index is -3.61. The largest absolute Gasteiger partial charge is 0.507 e. The highest BCUT2D eigenvalue weighted by molar-refractivity contribution is 7.90. The SMILES string of the molecule is CS(=O)(=O)c1cccc(-n2c(=O)n([C@H]3CC[C@@H](NC(=O)c4cc(Cl)ccc4O)CC3)c(=O)c3cc(F)cnc32)c1. The van der Waals surface area contributed by atoms with Gasteiger partial charge in [-0.2, -0.15) is 0 Å². The van der Waals surface area contributed by atoms with Crippen LogP contribution in [0, 0.1) is 5.82 Å². The van der Waals surface area contributed by atoms with E-state index in [0.717, 1.165) is 27.7 Å². The number of carbonyl (C=O) groups excluding carboxylic acids is 1. The predicted octanol–water partition coefficient (Wildman–Crippen LogP) is 3.36. The number of aromatic nitrogens is 3. The number of amides is 1. The van der Waals surface area contributed by atoms with E-state index >= 15 is 0 Å². The molecule has 40 heavy (non-hydrogen) atoms. The average Bonchev–Trinajstić information content (AvgIpc) is 2.91. The summed E-state index contributed by atoms with van der Waals surface area (Å²) >= 11 is 5.95. The van der Waals surface area contributed by atoms with Gasteiger partial charge in [-0.1, -0.05) is 17.7 Å². The van der Waals surface area contributed by atoms with Crippen LogP contribution in [0.15, 0.2) is 69.2 Å². The first-order chi connectivity index (χ1) is 18.9. The Bertz CT molecular complexity index is 1880. The van der Waals surface area contributed by atoms with Crippen molar-refractivity contribution in [1.82, 2.24) is 19.4 Å². The molecule has 2 heterocycles. The second-order valence-electron chi connectivity index (χ2n) is 9.73. The van der Waals surface area contributed by atoms with E-state index in [2.05, 4.69) is 10.3 Å². The number of fused-ring (bicyclic) bond motifs is 1. The van der Waals surface area contributed by atoms with Crippen LogP contribution in [0.25, 0.3) is 16.7 Å². The average molecular weight is 587 g/mol. The van der Waals surface area contributed by atoms with E-state index in [1.165, 1.54) is 42.5 Å². The van der Waals surface area contributed by atoms with Crippen LogP contribution in [0.3, 0.4) is 0 Å². The first kappa shape index (κ1) is 27.5. The Morgan fingerprint density at radius 2 is 1.82 bits per heavy atom. The first-order valence-corrected chi connectivity index (χ1v) is 14.6. The van der Waals surface area contributed by atoms with Crippen molar-refractivity contribution in [3.8, 4) is 11.4 Å². The van der Waals surface area contributed by atoms with Crippen LogP contribution in [-0.4, -0.2) is 45.8 Å². The van der Waals surface area contributed by atoms with Gasteiger partial charge in [0.25, 0.3) is 11.5 Å². The Morgan fingerprint density at radius 1 is 1.10 bits per heavy atom. The standard InChI is InChI=1S/C27H24ClFN4O6S/c1-40(38,39)20-4-2-3-19(13-20)32-24-22(12-16(29)14-30-24)26(36)33(27(32)37)18-8-6-17(7-9-18)31-25(35)21-11-15(28)5-10-23(21)34/h2-5,10-14,17-18,34H,6-9H2,1H3,(H,31,35)/t17-,18+. The quantitative estimate of drug-likeness (QED) is 0.365.